The molecule has 0 N–H and O–H groups in total. The Labute approximate surface area is 107 Å². The summed E-state index contributed by atoms with van der Waals surface area (Å²) in [7, 11) is 3.02. The average molecular weight is 250 g/mol. The maximum atomic E-state index is 12.0. The first kappa shape index (κ1) is 14.2. The lowest BCUT2D eigenvalue weighted by Crippen LogP contribution is -2.09. The fourth-order valence-corrected chi connectivity index (χ4v) is 1.67. The zero-order chi connectivity index (χ0) is 13.5. The normalized spacial score (nSPS) is 9.94. The van der Waals surface area contributed by atoms with Crippen LogP contribution in [0.25, 0.3) is 0 Å². The van der Waals surface area contributed by atoms with E-state index < -0.39 is 0 Å². The van der Waals surface area contributed by atoms with E-state index in [1.165, 1.54) is 14.2 Å². The van der Waals surface area contributed by atoms with Crippen LogP contribution in [0.15, 0.2) is 18.2 Å². The monoisotopic (exact) mass is 250 g/mol. The molecule has 0 aliphatic rings. The van der Waals surface area contributed by atoms with Gasteiger partial charge >= 0.3 is 0 Å². The molecule has 4 heteroatoms. The molecule has 18 heavy (non-hydrogen) atoms. The number of Topliss-reactive ketones (excluding diaryl/α,β-unsaturated/α-hetero) is 2. The molecular weight excluding hydrogens is 232 g/mol. The highest BCUT2D eigenvalue weighted by Gasteiger charge is 2.16. The number of ether oxygens (including phenoxy) is 2. The van der Waals surface area contributed by atoms with Gasteiger partial charge in [-0.05, 0) is 24.6 Å². The van der Waals surface area contributed by atoms with Crippen LogP contribution < -0.4 is 9.47 Å². The molecule has 98 valence electrons. The van der Waals surface area contributed by atoms with Crippen LogP contribution in [0.3, 0.4) is 0 Å². The van der Waals surface area contributed by atoms with E-state index in [9.17, 15) is 9.59 Å². The molecule has 0 spiro atoms. The number of benzene rings is 1. The van der Waals surface area contributed by atoms with Crippen LogP contribution >= 0.6 is 0 Å². The molecule has 1 aromatic rings. The van der Waals surface area contributed by atoms with Gasteiger partial charge in [0.2, 0.25) is 0 Å². The van der Waals surface area contributed by atoms with Crippen LogP contribution in [0.1, 0.15) is 36.5 Å². The summed E-state index contributed by atoms with van der Waals surface area (Å²) in [6.07, 6.45) is 1.09. The Kier molecular flexibility index (Phi) is 5.36. The molecule has 0 saturated carbocycles. The molecular formula is C14H18O4. The summed E-state index contributed by atoms with van der Waals surface area (Å²) >= 11 is 0. The van der Waals surface area contributed by atoms with Crippen molar-refractivity contribution in [2.75, 3.05) is 14.2 Å². The Balaban J connectivity index is 2.92. The molecule has 4 nitrogen and oxygen atoms in total. The van der Waals surface area contributed by atoms with Crippen molar-refractivity contribution in [3.8, 4) is 11.5 Å². The van der Waals surface area contributed by atoms with E-state index in [4.69, 9.17) is 9.47 Å². The minimum absolute atomic E-state index is 0.0487. The highest BCUT2D eigenvalue weighted by molar-refractivity contribution is 6.09. The van der Waals surface area contributed by atoms with E-state index in [-0.39, 0.29) is 18.0 Å². The van der Waals surface area contributed by atoms with E-state index >= 15 is 0 Å². The first-order valence-corrected chi connectivity index (χ1v) is 5.89. The zero-order valence-electron chi connectivity index (χ0n) is 11.0. The predicted molar refractivity (Wildman–Crippen MR) is 68.4 cm³/mol. The van der Waals surface area contributed by atoms with Gasteiger partial charge in [-0.15, -0.1) is 0 Å². The molecule has 0 aliphatic heterocycles. The van der Waals surface area contributed by atoms with Crippen molar-refractivity contribution in [3.05, 3.63) is 23.8 Å². The lowest BCUT2D eigenvalue weighted by atomic mass is 10.0. The lowest BCUT2D eigenvalue weighted by Gasteiger charge is -2.09. The summed E-state index contributed by atoms with van der Waals surface area (Å²) in [5.41, 5.74) is 0.390. The van der Waals surface area contributed by atoms with Gasteiger partial charge in [0.15, 0.2) is 5.78 Å². The Morgan fingerprint density at radius 2 is 1.89 bits per heavy atom. The van der Waals surface area contributed by atoms with Crippen LogP contribution in [0.5, 0.6) is 11.5 Å². The summed E-state index contributed by atoms with van der Waals surface area (Å²) < 4.78 is 10.2. The first-order valence-electron chi connectivity index (χ1n) is 5.89. The van der Waals surface area contributed by atoms with Gasteiger partial charge in [0.1, 0.15) is 17.3 Å². The second kappa shape index (κ2) is 6.79. The van der Waals surface area contributed by atoms with Gasteiger partial charge in [-0.25, -0.2) is 0 Å². The lowest BCUT2D eigenvalue weighted by molar-refractivity contribution is -0.118. The number of methoxy groups -OCH3 is 2. The maximum absolute atomic E-state index is 12.0. The minimum Gasteiger partial charge on any atom is -0.497 e. The van der Waals surface area contributed by atoms with E-state index in [1.807, 2.05) is 6.92 Å². The van der Waals surface area contributed by atoms with E-state index in [0.29, 0.717) is 23.5 Å². The Hall–Kier alpha value is -1.84. The molecule has 0 bridgehead atoms. The molecule has 0 aromatic heterocycles. The smallest absolute Gasteiger partial charge is 0.174 e. The van der Waals surface area contributed by atoms with Crippen LogP contribution in [-0.2, 0) is 4.79 Å². The highest BCUT2D eigenvalue weighted by Crippen LogP contribution is 2.25. The predicted octanol–water partition coefficient (Wildman–Crippen LogP) is 2.65. The summed E-state index contributed by atoms with van der Waals surface area (Å²) in [6, 6.07) is 4.97. The van der Waals surface area contributed by atoms with Crippen molar-refractivity contribution in [1.82, 2.24) is 0 Å². The van der Waals surface area contributed by atoms with Crippen molar-refractivity contribution in [2.24, 2.45) is 0 Å². The van der Waals surface area contributed by atoms with Gasteiger partial charge in [0, 0.05) is 6.42 Å². The molecule has 0 atom stereocenters. The fourth-order valence-electron chi connectivity index (χ4n) is 1.67. The van der Waals surface area contributed by atoms with Crippen molar-refractivity contribution < 1.29 is 19.1 Å². The van der Waals surface area contributed by atoms with Gasteiger partial charge in [-0.1, -0.05) is 6.92 Å². The molecule has 0 radical (unpaired) electrons. The van der Waals surface area contributed by atoms with E-state index in [1.54, 1.807) is 18.2 Å². The van der Waals surface area contributed by atoms with Gasteiger partial charge in [-0.3, -0.25) is 9.59 Å². The summed E-state index contributed by atoms with van der Waals surface area (Å²) in [5, 5.41) is 0. The Morgan fingerprint density at radius 3 is 2.44 bits per heavy atom. The van der Waals surface area contributed by atoms with Crippen molar-refractivity contribution in [3.63, 3.8) is 0 Å². The SMILES string of the molecule is CCCC(=O)CC(=O)c1cc(OC)ccc1OC. The summed E-state index contributed by atoms with van der Waals surface area (Å²) in [5.74, 6) is 0.753. The summed E-state index contributed by atoms with van der Waals surface area (Å²) in [6.45, 7) is 1.91. The van der Waals surface area contributed by atoms with Crippen LogP contribution in [0.4, 0.5) is 0 Å². The molecule has 0 fully saturated rings. The largest absolute Gasteiger partial charge is 0.497 e. The van der Waals surface area contributed by atoms with Gasteiger partial charge < -0.3 is 9.47 Å². The van der Waals surface area contributed by atoms with Crippen LogP contribution in [0.2, 0.25) is 0 Å². The molecule has 0 amide bonds. The Bertz CT molecular complexity index is 437. The van der Waals surface area contributed by atoms with Gasteiger partial charge in [-0.2, -0.15) is 0 Å². The van der Waals surface area contributed by atoms with Crippen LogP contribution in [0, 0.1) is 0 Å². The first-order chi connectivity index (χ1) is 8.62. The number of carbonyl (C=O) groups is 2. The van der Waals surface area contributed by atoms with Gasteiger partial charge in [0.05, 0.1) is 26.2 Å². The minimum atomic E-state index is -0.232. The van der Waals surface area contributed by atoms with E-state index in [2.05, 4.69) is 0 Å². The molecule has 0 unspecified atom stereocenters. The second-order valence-electron chi connectivity index (χ2n) is 3.95. The second-order valence-corrected chi connectivity index (χ2v) is 3.95. The van der Waals surface area contributed by atoms with Crippen molar-refractivity contribution in [1.29, 1.82) is 0 Å². The van der Waals surface area contributed by atoms with E-state index in [0.717, 1.165) is 6.42 Å². The van der Waals surface area contributed by atoms with Crippen LogP contribution in [-0.4, -0.2) is 25.8 Å². The fraction of sp³-hybridized carbons (Fsp3) is 0.429. The quantitative estimate of drug-likeness (QED) is 0.551. The zero-order valence-corrected chi connectivity index (χ0v) is 11.0. The number of hydrogen-bond donors (Lipinski definition) is 0. The Morgan fingerprint density at radius 1 is 1.17 bits per heavy atom. The van der Waals surface area contributed by atoms with Crippen molar-refractivity contribution >= 4 is 11.6 Å². The number of carbonyl (C=O) groups excluding carboxylic acids is 2. The van der Waals surface area contributed by atoms with Gasteiger partial charge in [0.25, 0.3) is 0 Å². The molecule has 1 aromatic carbocycles. The molecule has 0 aliphatic carbocycles. The topological polar surface area (TPSA) is 52.6 Å². The summed E-state index contributed by atoms with van der Waals surface area (Å²) in [4.78, 5) is 23.5. The number of rotatable bonds is 7. The third-order valence-electron chi connectivity index (χ3n) is 2.59. The number of ketones is 2. The number of hydrogen-bond acceptors (Lipinski definition) is 4. The average Bonchev–Trinajstić information content (AvgIpc) is 2.38. The third kappa shape index (κ3) is 3.58. The third-order valence-corrected chi connectivity index (χ3v) is 2.59. The van der Waals surface area contributed by atoms with Crippen molar-refractivity contribution in [2.45, 2.75) is 26.2 Å². The highest BCUT2D eigenvalue weighted by atomic mass is 16.5. The molecule has 1 rings (SSSR count). The maximum Gasteiger partial charge on any atom is 0.174 e. The molecule has 0 heterocycles. The molecule has 0 saturated heterocycles. The standard InChI is InChI=1S/C14H18O4/c1-4-5-10(15)8-13(16)12-9-11(17-2)6-7-14(12)18-3/h6-7,9H,4-5,8H2,1-3H3.